The Balaban J connectivity index is 2.46. The average Bonchev–Trinajstić information content (AvgIpc) is 2.69. The van der Waals surface area contributed by atoms with Crippen molar-refractivity contribution >= 4 is 27.5 Å². The van der Waals surface area contributed by atoms with Gasteiger partial charge in [0.2, 0.25) is 21.8 Å². The number of aryl methyl sites for hydroxylation is 1. The Bertz CT molecular complexity index is 1130. The molecule has 0 aliphatic heterocycles. The van der Waals surface area contributed by atoms with Crippen molar-refractivity contribution < 1.29 is 22.4 Å². The third-order valence-corrected chi connectivity index (χ3v) is 6.24. The lowest BCUT2D eigenvalue weighted by Gasteiger charge is -2.34. The number of rotatable bonds is 9. The first-order valence-corrected chi connectivity index (χ1v) is 13.0. The van der Waals surface area contributed by atoms with Gasteiger partial charge < -0.3 is 10.2 Å². The molecule has 34 heavy (non-hydrogen) atoms. The zero-order valence-electron chi connectivity index (χ0n) is 20.6. The molecule has 1 N–H and O–H groups in total. The molecule has 0 bridgehead atoms. The molecule has 7 nitrogen and oxygen atoms in total. The van der Waals surface area contributed by atoms with Gasteiger partial charge in [-0.15, -0.1) is 0 Å². The predicted octanol–water partition coefficient (Wildman–Crippen LogP) is 3.62. The summed E-state index contributed by atoms with van der Waals surface area (Å²) >= 11 is 0. The van der Waals surface area contributed by atoms with E-state index < -0.39 is 39.9 Å². The second kappa shape index (κ2) is 11.0. The van der Waals surface area contributed by atoms with E-state index in [-0.39, 0.29) is 18.1 Å². The summed E-state index contributed by atoms with van der Waals surface area (Å²) in [5.74, 6) is -1.51. The standard InChI is InChI=1S/C25H34FN3O4S/c1-7-22(24(31)27-25(3,4)5)28(16-19-11-8-10-18(2)14-19)23(30)17-29(34(6,32)33)21-13-9-12-20(26)15-21/h8-15,22H,7,16-17H2,1-6H3,(H,27,31)/t22-/m1/s1. The lowest BCUT2D eigenvalue weighted by molar-refractivity contribution is -0.141. The topological polar surface area (TPSA) is 86.8 Å². The van der Waals surface area contributed by atoms with E-state index in [1.165, 1.54) is 23.1 Å². The van der Waals surface area contributed by atoms with E-state index in [0.29, 0.717) is 6.42 Å². The molecule has 2 aromatic rings. The fourth-order valence-electron chi connectivity index (χ4n) is 3.62. The Morgan fingerprint density at radius 3 is 2.26 bits per heavy atom. The highest BCUT2D eigenvalue weighted by Gasteiger charge is 2.33. The molecular formula is C25H34FN3O4S. The van der Waals surface area contributed by atoms with E-state index in [9.17, 15) is 22.4 Å². The van der Waals surface area contributed by atoms with Crippen LogP contribution in [-0.4, -0.2) is 49.5 Å². The second-order valence-electron chi connectivity index (χ2n) is 9.42. The number of amides is 2. The molecule has 0 aliphatic rings. The van der Waals surface area contributed by atoms with Crippen LogP contribution in [0.4, 0.5) is 10.1 Å². The SMILES string of the molecule is CC[C@H](C(=O)NC(C)(C)C)N(Cc1cccc(C)c1)C(=O)CN(c1cccc(F)c1)S(C)(=O)=O. The van der Waals surface area contributed by atoms with Gasteiger partial charge in [-0.2, -0.15) is 0 Å². The number of nitrogens with zero attached hydrogens (tertiary/aromatic N) is 2. The van der Waals surface area contributed by atoms with Gasteiger partial charge in [0.25, 0.3) is 0 Å². The van der Waals surface area contributed by atoms with Crippen LogP contribution in [0.3, 0.4) is 0 Å². The van der Waals surface area contributed by atoms with Gasteiger partial charge in [-0.05, 0) is 57.9 Å². The van der Waals surface area contributed by atoms with Crippen LogP contribution in [-0.2, 0) is 26.2 Å². The number of hydrogen-bond acceptors (Lipinski definition) is 4. The van der Waals surface area contributed by atoms with Crippen LogP contribution < -0.4 is 9.62 Å². The molecule has 2 rings (SSSR count). The second-order valence-corrected chi connectivity index (χ2v) is 11.3. The van der Waals surface area contributed by atoms with Crippen LogP contribution in [0.2, 0.25) is 0 Å². The monoisotopic (exact) mass is 491 g/mol. The Hall–Kier alpha value is -2.94. The van der Waals surface area contributed by atoms with Crippen molar-refractivity contribution in [2.75, 3.05) is 17.1 Å². The molecule has 0 saturated heterocycles. The summed E-state index contributed by atoms with van der Waals surface area (Å²) in [7, 11) is -3.91. The normalized spacial score (nSPS) is 12.7. The zero-order valence-corrected chi connectivity index (χ0v) is 21.4. The van der Waals surface area contributed by atoms with Crippen LogP contribution in [0.25, 0.3) is 0 Å². The highest BCUT2D eigenvalue weighted by atomic mass is 32.2. The number of nitrogens with one attached hydrogen (secondary N) is 1. The molecule has 0 fully saturated rings. The summed E-state index contributed by atoms with van der Waals surface area (Å²) in [5, 5.41) is 2.91. The third-order valence-electron chi connectivity index (χ3n) is 5.09. The first-order valence-electron chi connectivity index (χ1n) is 11.1. The lowest BCUT2D eigenvalue weighted by atomic mass is 10.0. The Kier molecular flexibility index (Phi) is 8.83. The molecule has 0 aliphatic carbocycles. The van der Waals surface area contributed by atoms with E-state index in [1.54, 1.807) is 6.92 Å². The van der Waals surface area contributed by atoms with Crippen LogP contribution >= 0.6 is 0 Å². The molecule has 186 valence electrons. The van der Waals surface area contributed by atoms with Crippen molar-refractivity contribution in [3.05, 3.63) is 65.5 Å². The first-order chi connectivity index (χ1) is 15.7. The van der Waals surface area contributed by atoms with Crippen molar-refractivity contribution in [2.24, 2.45) is 0 Å². The fourth-order valence-corrected chi connectivity index (χ4v) is 4.47. The number of benzene rings is 2. The first kappa shape index (κ1) is 27.3. The Morgan fingerprint density at radius 1 is 1.09 bits per heavy atom. The Morgan fingerprint density at radius 2 is 1.74 bits per heavy atom. The van der Waals surface area contributed by atoms with Crippen molar-refractivity contribution in [2.45, 2.75) is 59.2 Å². The zero-order chi connectivity index (χ0) is 25.7. The van der Waals surface area contributed by atoms with E-state index in [1.807, 2.05) is 52.0 Å². The van der Waals surface area contributed by atoms with E-state index >= 15 is 0 Å². The van der Waals surface area contributed by atoms with E-state index in [2.05, 4.69) is 5.32 Å². The average molecular weight is 492 g/mol. The lowest BCUT2D eigenvalue weighted by Crippen LogP contribution is -2.55. The van der Waals surface area contributed by atoms with Gasteiger partial charge in [-0.1, -0.05) is 42.8 Å². The van der Waals surface area contributed by atoms with E-state index in [0.717, 1.165) is 27.8 Å². The van der Waals surface area contributed by atoms with Gasteiger partial charge in [0.05, 0.1) is 11.9 Å². The summed E-state index contributed by atoms with van der Waals surface area (Å²) in [5.41, 5.74) is 1.34. The molecule has 1 atom stereocenters. The molecule has 2 amide bonds. The van der Waals surface area contributed by atoms with Gasteiger partial charge in [0.15, 0.2) is 0 Å². The maximum absolute atomic E-state index is 13.8. The summed E-state index contributed by atoms with van der Waals surface area (Å²) in [4.78, 5) is 28.1. The minimum atomic E-state index is -3.91. The van der Waals surface area contributed by atoms with Crippen LogP contribution in [0.1, 0.15) is 45.2 Å². The number of anilines is 1. The molecule has 9 heteroatoms. The highest BCUT2D eigenvalue weighted by Crippen LogP contribution is 2.21. The summed E-state index contributed by atoms with van der Waals surface area (Å²) < 4.78 is 39.7. The maximum atomic E-state index is 13.8. The molecule has 0 unspecified atom stereocenters. The summed E-state index contributed by atoms with van der Waals surface area (Å²) in [6, 6.07) is 11.8. The molecule has 0 aromatic heterocycles. The van der Waals surface area contributed by atoms with Crippen molar-refractivity contribution in [3.63, 3.8) is 0 Å². The van der Waals surface area contributed by atoms with E-state index in [4.69, 9.17) is 0 Å². The van der Waals surface area contributed by atoms with Crippen LogP contribution in [0, 0.1) is 12.7 Å². The molecular weight excluding hydrogens is 457 g/mol. The van der Waals surface area contributed by atoms with Crippen LogP contribution in [0.15, 0.2) is 48.5 Å². The number of halogens is 1. The van der Waals surface area contributed by atoms with Gasteiger partial charge in [0, 0.05) is 12.1 Å². The molecule has 0 heterocycles. The molecule has 2 aromatic carbocycles. The maximum Gasteiger partial charge on any atom is 0.244 e. The summed E-state index contributed by atoms with van der Waals surface area (Å²) in [6.07, 6.45) is 1.29. The van der Waals surface area contributed by atoms with Gasteiger partial charge >= 0.3 is 0 Å². The number of carbonyl (C=O) groups is 2. The smallest absolute Gasteiger partial charge is 0.244 e. The minimum Gasteiger partial charge on any atom is -0.350 e. The quantitative estimate of drug-likeness (QED) is 0.581. The van der Waals surface area contributed by atoms with Gasteiger partial charge in [0.1, 0.15) is 18.4 Å². The third kappa shape index (κ3) is 7.83. The minimum absolute atomic E-state index is 0.0403. The van der Waals surface area contributed by atoms with Crippen molar-refractivity contribution in [3.8, 4) is 0 Å². The predicted molar refractivity (Wildman–Crippen MR) is 132 cm³/mol. The largest absolute Gasteiger partial charge is 0.350 e. The summed E-state index contributed by atoms with van der Waals surface area (Å²) in [6.45, 7) is 8.82. The highest BCUT2D eigenvalue weighted by molar-refractivity contribution is 7.92. The Labute approximate surface area is 202 Å². The fraction of sp³-hybridized carbons (Fsp3) is 0.440. The van der Waals surface area contributed by atoms with Crippen molar-refractivity contribution in [1.82, 2.24) is 10.2 Å². The van der Waals surface area contributed by atoms with Crippen LogP contribution in [0.5, 0.6) is 0 Å². The number of hydrogen-bond donors (Lipinski definition) is 1. The number of carbonyl (C=O) groups excluding carboxylic acids is 2. The molecule has 0 spiro atoms. The van der Waals surface area contributed by atoms with Gasteiger partial charge in [-0.25, -0.2) is 12.8 Å². The van der Waals surface area contributed by atoms with Crippen molar-refractivity contribution in [1.29, 1.82) is 0 Å². The van der Waals surface area contributed by atoms with Gasteiger partial charge in [-0.3, -0.25) is 13.9 Å². The molecule has 0 saturated carbocycles. The number of sulfonamides is 1. The molecule has 0 radical (unpaired) electrons.